The SMILES string of the molecule is CCC1NCCN1.NCCCC[C@H](N)C(=O)O. The number of carbonyl (C=O) groups is 1. The number of unbranched alkanes of at least 4 members (excludes halogenated alkanes) is 1. The first-order valence-corrected chi connectivity index (χ1v) is 6.27. The molecule has 6 nitrogen and oxygen atoms in total. The van der Waals surface area contributed by atoms with Crippen molar-refractivity contribution in [2.45, 2.75) is 44.8 Å². The minimum absolute atomic E-state index is 0.520. The van der Waals surface area contributed by atoms with Crippen LogP contribution in [0.1, 0.15) is 32.6 Å². The van der Waals surface area contributed by atoms with Gasteiger partial charge in [-0.25, -0.2) is 0 Å². The van der Waals surface area contributed by atoms with E-state index in [2.05, 4.69) is 17.6 Å². The van der Waals surface area contributed by atoms with Crippen LogP contribution in [0.3, 0.4) is 0 Å². The lowest BCUT2D eigenvalue weighted by Gasteiger charge is -2.03. The summed E-state index contributed by atoms with van der Waals surface area (Å²) in [5.74, 6) is -0.933. The average Bonchev–Trinajstić information content (AvgIpc) is 2.82. The molecule has 1 atom stereocenters. The molecule has 1 rings (SSSR count). The van der Waals surface area contributed by atoms with Gasteiger partial charge in [0.05, 0.1) is 6.17 Å². The number of carboxylic acids is 1. The zero-order valence-corrected chi connectivity index (χ0v) is 10.6. The third-order valence-corrected chi connectivity index (χ3v) is 2.60. The van der Waals surface area contributed by atoms with Crippen molar-refractivity contribution in [2.24, 2.45) is 11.5 Å². The Morgan fingerprint density at radius 1 is 1.41 bits per heavy atom. The number of nitrogens with one attached hydrogen (secondary N) is 2. The maximum Gasteiger partial charge on any atom is 0.320 e. The van der Waals surface area contributed by atoms with E-state index in [1.807, 2.05) is 0 Å². The van der Waals surface area contributed by atoms with Gasteiger partial charge >= 0.3 is 5.97 Å². The fourth-order valence-corrected chi connectivity index (χ4v) is 1.49. The Hall–Kier alpha value is -0.690. The second-order valence-electron chi connectivity index (χ2n) is 4.10. The van der Waals surface area contributed by atoms with Gasteiger partial charge in [0.1, 0.15) is 6.04 Å². The van der Waals surface area contributed by atoms with Gasteiger partial charge < -0.3 is 27.2 Å². The molecule has 0 saturated carbocycles. The standard InChI is InChI=1S/C6H14N2O2.C5H12N2/c7-4-2-1-3-5(8)6(9)10;1-2-5-6-3-4-7-5/h5H,1-4,7-8H2,(H,9,10);5-7H,2-4H2,1H3/t5-;/m0./s1. The summed E-state index contributed by atoms with van der Waals surface area (Å²) in [5.41, 5.74) is 10.4. The van der Waals surface area contributed by atoms with Crippen LogP contribution < -0.4 is 22.1 Å². The van der Waals surface area contributed by atoms with Gasteiger partial charge in [-0.05, 0) is 25.8 Å². The molecular weight excluding hydrogens is 220 g/mol. The van der Waals surface area contributed by atoms with Gasteiger partial charge in [-0.3, -0.25) is 4.79 Å². The fourth-order valence-electron chi connectivity index (χ4n) is 1.49. The summed E-state index contributed by atoms with van der Waals surface area (Å²) in [6.07, 6.45) is 3.96. The molecule has 0 spiro atoms. The molecule has 102 valence electrons. The Balaban J connectivity index is 0.000000318. The predicted molar refractivity (Wildman–Crippen MR) is 68.6 cm³/mol. The lowest BCUT2D eigenvalue weighted by molar-refractivity contribution is -0.138. The van der Waals surface area contributed by atoms with E-state index < -0.39 is 12.0 Å². The van der Waals surface area contributed by atoms with Crippen molar-refractivity contribution in [2.75, 3.05) is 19.6 Å². The molecule has 0 unspecified atom stereocenters. The van der Waals surface area contributed by atoms with E-state index in [0.29, 0.717) is 19.1 Å². The van der Waals surface area contributed by atoms with E-state index in [-0.39, 0.29) is 0 Å². The number of nitrogens with two attached hydrogens (primary N) is 2. The number of rotatable bonds is 6. The van der Waals surface area contributed by atoms with E-state index >= 15 is 0 Å². The number of aliphatic carboxylic acids is 1. The van der Waals surface area contributed by atoms with Crippen molar-refractivity contribution in [3.8, 4) is 0 Å². The Morgan fingerprint density at radius 3 is 2.35 bits per heavy atom. The molecule has 0 bridgehead atoms. The van der Waals surface area contributed by atoms with Gasteiger partial charge in [-0.2, -0.15) is 0 Å². The van der Waals surface area contributed by atoms with Crippen LogP contribution in [0.5, 0.6) is 0 Å². The van der Waals surface area contributed by atoms with E-state index in [9.17, 15) is 4.79 Å². The third kappa shape index (κ3) is 9.05. The molecule has 0 aliphatic carbocycles. The molecule has 1 aliphatic rings. The van der Waals surface area contributed by atoms with E-state index in [1.165, 1.54) is 6.42 Å². The van der Waals surface area contributed by atoms with Crippen LogP contribution in [0.2, 0.25) is 0 Å². The lowest BCUT2D eigenvalue weighted by atomic mass is 10.1. The summed E-state index contributed by atoms with van der Waals surface area (Å²) >= 11 is 0. The van der Waals surface area contributed by atoms with Crippen molar-refractivity contribution < 1.29 is 9.90 Å². The Kier molecular flexibility index (Phi) is 10.0. The summed E-state index contributed by atoms with van der Waals surface area (Å²) in [6.45, 7) is 5.05. The molecule has 0 aromatic rings. The topological polar surface area (TPSA) is 113 Å². The second kappa shape index (κ2) is 10.5. The third-order valence-electron chi connectivity index (χ3n) is 2.60. The molecule has 0 aromatic heterocycles. The molecule has 0 amide bonds. The first-order chi connectivity index (χ1) is 8.11. The van der Waals surface area contributed by atoms with Gasteiger partial charge in [0, 0.05) is 13.1 Å². The normalized spacial score (nSPS) is 17.4. The maximum atomic E-state index is 10.1. The van der Waals surface area contributed by atoms with Gasteiger partial charge in [0.2, 0.25) is 0 Å². The monoisotopic (exact) mass is 246 g/mol. The van der Waals surface area contributed by atoms with Crippen molar-refractivity contribution in [1.82, 2.24) is 10.6 Å². The van der Waals surface area contributed by atoms with Gasteiger partial charge in [0.25, 0.3) is 0 Å². The summed E-state index contributed by atoms with van der Waals surface area (Å²) in [7, 11) is 0. The highest BCUT2D eigenvalue weighted by Gasteiger charge is 2.09. The highest BCUT2D eigenvalue weighted by molar-refractivity contribution is 5.72. The largest absolute Gasteiger partial charge is 0.480 e. The average molecular weight is 246 g/mol. The molecule has 1 heterocycles. The summed E-state index contributed by atoms with van der Waals surface area (Å²) in [6, 6.07) is -0.716. The quantitative estimate of drug-likeness (QED) is 0.402. The van der Waals surface area contributed by atoms with Crippen molar-refractivity contribution in [3.63, 3.8) is 0 Å². The van der Waals surface area contributed by atoms with Gasteiger partial charge in [-0.1, -0.05) is 13.3 Å². The molecule has 1 saturated heterocycles. The van der Waals surface area contributed by atoms with E-state index in [0.717, 1.165) is 25.9 Å². The van der Waals surface area contributed by atoms with Crippen molar-refractivity contribution in [1.29, 1.82) is 0 Å². The van der Waals surface area contributed by atoms with Gasteiger partial charge in [-0.15, -0.1) is 0 Å². The summed E-state index contributed by atoms with van der Waals surface area (Å²) in [4.78, 5) is 10.1. The minimum atomic E-state index is -0.933. The lowest BCUT2D eigenvalue weighted by Crippen LogP contribution is -2.29. The molecule has 0 aromatic carbocycles. The van der Waals surface area contributed by atoms with Crippen LogP contribution in [0, 0.1) is 0 Å². The zero-order chi connectivity index (χ0) is 13.1. The van der Waals surface area contributed by atoms with Crippen LogP contribution >= 0.6 is 0 Å². The van der Waals surface area contributed by atoms with Crippen LogP contribution in [0.4, 0.5) is 0 Å². The van der Waals surface area contributed by atoms with Crippen molar-refractivity contribution >= 4 is 5.97 Å². The predicted octanol–water partition coefficient (Wildman–Crippen LogP) is -0.557. The molecule has 17 heavy (non-hydrogen) atoms. The molecular formula is C11H26N4O2. The molecule has 1 fully saturated rings. The van der Waals surface area contributed by atoms with E-state index in [1.54, 1.807) is 0 Å². The highest BCUT2D eigenvalue weighted by atomic mass is 16.4. The first-order valence-electron chi connectivity index (χ1n) is 6.27. The Labute approximate surface area is 103 Å². The highest BCUT2D eigenvalue weighted by Crippen LogP contribution is 1.96. The Bertz CT molecular complexity index is 196. The van der Waals surface area contributed by atoms with Crippen molar-refractivity contribution in [3.05, 3.63) is 0 Å². The molecule has 6 heteroatoms. The smallest absolute Gasteiger partial charge is 0.320 e. The zero-order valence-electron chi connectivity index (χ0n) is 10.6. The summed E-state index contributed by atoms with van der Waals surface area (Å²) < 4.78 is 0. The molecule has 7 N–H and O–H groups in total. The fraction of sp³-hybridized carbons (Fsp3) is 0.909. The molecule has 1 aliphatic heterocycles. The second-order valence-corrected chi connectivity index (χ2v) is 4.10. The van der Waals surface area contributed by atoms with E-state index in [4.69, 9.17) is 16.6 Å². The summed E-state index contributed by atoms with van der Waals surface area (Å²) in [5, 5.41) is 14.9. The first kappa shape index (κ1) is 16.3. The van der Waals surface area contributed by atoms with Crippen LogP contribution in [0.25, 0.3) is 0 Å². The maximum absolute atomic E-state index is 10.1. The number of hydrogen-bond acceptors (Lipinski definition) is 5. The van der Waals surface area contributed by atoms with Crippen LogP contribution in [0.15, 0.2) is 0 Å². The van der Waals surface area contributed by atoms with Crippen LogP contribution in [-0.2, 0) is 4.79 Å². The Morgan fingerprint density at radius 2 is 2.00 bits per heavy atom. The minimum Gasteiger partial charge on any atom is -0.480 e. The number of carboxylic acid groups (broad SMARTS) is 1. The number of hydrogen-bond donors (Lipinski definition) is 5. The molecule has 0 radical (unpaired) electrons. The van der Waals surface area contributed by atoms with Crippen LogP contribution in [-0.4, -0.2) is 42.9 Å². The van der Waals surface area contributed by atoms with Gasteiger partial charge in [0.15, 0.2) is 0 Å².